The van der Waals surface area contributed by atoms with Crippen molar-refractivity contribution in [1.29, 1.82) is 0 Å². The molecule has 2 N–H and O–H groups in total. The molecule has 2 aromatic carbocycles. The summed E-state index contributed by atoms with van der Waals surface area (Å²) in [6.45, 7) is 1.80. The number of amides is 1. The van der Waals surface area contributed by atoms with Crippen LogP contribution in [0, 0.1) is 6.92 Å². The molecule has 1 amide bonds. The van der Waals surface area contributed by atoms with Gasteiger partial charge in [0.05, 0.1) is 11.6 Å². The molecule has 29 heavy (non-hydrogen) atoms. The SMILES string of the molecule is COc1ccc(C(=O)NC(=S)Nn2c(C)nnc2SCc2ccccc2)cc1Br. The normalized spacial score (nSPS) is 10.4. The summed E-state index contributed by atoms with van der Waals surface area (Å²) in [7, 11) is 1.56. The summed E-state index contributed by atoms with van der Waals surface area (Å²) in [5.41, 5.74) is 4.58. The molecule has 0 spiro atoms. The summed E-state index contributed by atoms with van der Waals surface area (Å²) >= 11 is 10.2. The average Bonchev–Trinajstić information content (AvgIpc) is 3.06. The van der Waals surface area contributed by atoms with Crippen LogP contribution < -0.4 is 15.5 Å². The van der Waals surface area contributed by atoms with Crippen LogP contribution in [0.15, 0.2) is 58.2 Å². The molecule has 0 aliphatic carbocycles. The van der Waals surface area contributed by atoms with Gasteiger partial charge in [-0.25, -0.2) is 4.68 Å². The van der Waals surface area contributed by atoms with Crippen LogP contribution in [0.1, 0.15) is 21.7 Å². The van der Waals surface area contributed by atoms with Crippen molar-refractivity contribution in [1.82, 2.24) is 20.2 Å². The molecule has 0 saturated heterocycles. The maximum atomic E-state index is 12.5. The van der Waals surface area contributed by atoms with E-state index in [9.17, 15) is 4.79 Å². The molecule has 0 radical (unpaired) electrons. The zero-order chi connectivity index (χ0) is 20.8. The minimum Gasteiger partial charge on any atom is -0.496 e. The molecule has 0 aliphatic heterocycles. The van der Waals surface area contributed by atoms with Crippen molar-refractivity contribution in [2.75, 3.05) is 12.5 Å². The lowest BCUT2D eigenvalue weighted by Crippen LogP contribution is -2.38. The molecular formula is C19H18BrN5O2S2. The van der Waals surface area contributed by atoms with Gasteiger partial charge in [-0.05, 0) is 58.8 Å². The van der Waals surface area contributed by atoms with Crippen molar-refractivity contribution in [3.63, 3.8) is 0 Å². The highest BCUT2D eigenvalue weighted by Crippen LogP contribution is 2.25. The molecule has 1 heterocycles. The Morgan fingerprint density at radius 3 is 2.69 bits per heavy atom. The molecule has 7 nitrogen and oxygen atoms in total. The van der Waals surface area contributed by atoms with Crippen LogP contribution in [-0.4, -0.2) is 33.0 Å². The number of thiocarbonyl (C=S) groups is 1. The van der Waals surface area contributed by atoms with Gasteiger partial charge in [-0.3, -0.25) is 15.5 Å². The van der Waals surface area contributed by atoms with Crippen LogP contribution >= 0.6 is 39.9 Å². The Hall–Kier alpha value is -2.43. The lowest BCUT2D eigenvalue weighted by molar-refractivity contribution is 0.0977. The Bertz CT molecular complexity index is 1030. The molecule has 0 bridgehead atoms. The Morgan fingerprint density at radius 1 is 1.24 bits per heavy atom. The van der Waals surface area contributed by atoms with Gasteiger partial charge in [0.1, 0.15) is 11.6 Å². The number of aryl methyl sites for hydroxylation is 1. The summed E-state index contributed by atoms with van der Waals surface area (Å²) in [5, 5.41) is 11.7. The van der Waals surface area contributed by atoms with Gasteiger partial charge >= 0.3 is 0 Å². The highest BCUT2D eigenvalue weighted by atomic mass is 79.9. The van der Waals surface area contributed by atoms with Gasteiger partial charge < -0.3 is 4.74 Å². The first-order valence-corrected chi connectivity index (χ1v) is 10.7. The third-order valence-corrected chi connectivity index (χ3v) is 5.67. The quantitative estimate of drug-likeness (QED) is 0.399. The van der Waals surface area contributed by atoms with E-state index in [1.807, 2.05) is 30.3 Å². The molecule has 1 aromatic heterocycles. The summed E-state index contributed by atoms with van der Waals surface area (Å²) in [6.07, 6.45) is 0. The lowest BCUT2D eigenvalue weighted by Gasteiger charge is -2.13. The van der Waals surface area contributed by atoms with Crippen LogP contribution in [0.5, 0.6) is 5.75 Å². The Morgan fingerprint density at radius 2 is 2.00 bits per heavy atom. The summed E-state index contributed by atoms with van der Waals surface area (Å²) in [4.78, 5) is 12.5. The third kappa shape index (κ3) is 5.55. The minimum atomic E-state index is -0.338. The standard InChI is InChI=1S/C19H18BrN5O2S2/c1-12-22-23-19(29-11-13-6-4-3-5-7-13)25(12)24-18(28)21-17(26)14-8-9-16(27-2)15(20)10-14/h3-10H,11H2,1-2H3,(H2,21,24,26,28). The van der Waals surface area contributed by atoms with E-state index < -0.39 is 0 Å². The lowest BCUT2D eigenvalue weighted by atomic mass is 10.2. The Labute approximate surface area is 186 Å². The fourth-order valence-electron chi connectivity index (χ4n) is 2.40. The first-order valence-electron chi connectivity index (χ1n) is 8.52. The second-order valence-electron chi connectivity index (χ2n) is 5.88. The number of methoxy groups -OCH3 is 1. The molecule has 0 unspecified atom stereocenters. The third-order valence-electron chi connectivity index (χ3n) is 3.86. The minimum absolute atomic E-state index is 0.145. The predicted octanol–water partition coefficient (Wildman–Crippen LogP) is 3.91. The summed E-state index contributed by atoms with van der Waals surface area (Å²) in [5.74, 6) is 1.67. The molecule has 10 heteroatoms. The van der Waals surface area contributed by atoms with Crippen molar-refractivity contribution in [3.8, 4) is 5.75 Å². The van der Waals surface area contributed by atoms with Crippen molar-refractivity contribution < 1.29 is 9.53 Å². The first kappa shape index (κ1) is 21.3. The largest absolute Gasteiger partial charge is 0.496 e. The van der Waals surface area contributed by atoms with Gasteiger partial charge in [0.25, 0.3) is 5.91 Å². The van der Waals surface area contributed by atoms with E-state index in [1.54, 1.807) is 36.9 Å². The zero-order valence-electron chi connectivity index (χ0n) is 15.7. The molecule has 0 saturated carbocycles. The number of ether oxygens (including phenoxy) is 1. The van der Waals surface area contributed by atoms with Crippen molar-refractivity contribution in [2.45, 2.75) is 17.8 Å². The average molecular weight is 492 g/mol. The second kappa shape index (κ2) is 9.86. The van der Waals surface area contributed by atoms with Crippen LogP contribution in [0.4, 0.5) is 0 Å². The van der Waals surface area contributed by atoms with Gasteiger partial charge in [-0.2, -0.15) is 0 Å². The number of nitrogens with one attached hydrogen (secondary N) is 2. The zero-order valence-corrected chi connectivity index (χ0v) is 18.9. The number of carbonyl (C=O) groups excluding carboxylic acids is 1. The van der Waals surface area contributed by atoms with Crippen molar-refractivity contribution in [2.24, 2.45) is 0 Å². The number of rotatable bonds is 6. The monoisotopic (exact) mass is 491 g/mol. The van der Waals surface area contributed by atoms with E-state index >= 15 is 0 Å². The van der Waals surface area contributed by atoms with E-state index in [4.69, 9.17) is 17.0 Å². The van der Waals surface area contributed by atoms with E-state index in [1.165, 1.54) is 17.3 Å². The first-order chi connectivity index (χ1) is 14.0. The summed E-state index contributed by atoms with van der Waals surface area (Å²) in [6, 6.07) is 15.1. The van der Waals surface area contributed by atoms with Crippen molar-refractivity contribution >= 4 is 50.9 Å². The van der Waals surface area contributed by atoms with Crippen LogP contribution in [0.2, 0.25) is 0 Å². The number of thioether (sulfide) groups is 1. The van der Waals surface area contributed by atoms with Crippen molar-refractivity contribution in [3.05, 3.63) is 70.0 Å². The van der Waals surface area contributed by atoms with E-state index in [-0.39, 0.29) is 11.0 Å². The van der Waals surface area contributed by atoms with E-state index in [0.29, 0.717) is 26.8 Å². The fraction of sp³-hybridized carbons (Fsp3) is 0.158. The van der Waals surface area contributed by atoms with Crippen LogP contribution in [0.3, 0.4) is 0 Å². The maximum absolute atomic E-state index is 12.5. The van der Waals surface area contributed by atoms with Gasteiger partial charge in [0.15, 0.2) is 5.11 Å². The second-order valence-corrected chi connectivity index (χ2v) is 8.09. The number of aromatic nitrogens is 3. The Balaban J connectivity index is 1.64. The Kier molecular flexibility index (Phi) is 7.24. The molecule has 0 aliphatic rings. The van der Waals surface area contributed by atoms with Gasteiger partial charge in [0, 0.05) is 11.3 Å². The fourth-order valence-corrected chi connectivity index (χ4v) is 4.02. The number of carbonyl (C=O) groups is 1. The molecule has 0 fully saturated rings. The topological polar surface area (TPSA) is 81.1 Å². The molecule has 3 aromatic rings. The molecule has 0 atom stereocenters. The molecular weight excluding hydrogens is 474 g/mol. The maximum Gasteiger partial charge on any atom is 0.257 e. The van der Waals surface area contributed by atoms with Gasteiger partial charge in [-0.15, -0.1) is 10.2 Å². The summed E-state index contributed by atoms with van der Waals surface area (Å²) < 4.78 is 7.51. The van der Waals surface area contributed by atoms with Gasteiger partial charge in [0.2, 0.25) is 5.16 Å². The molecule has 3 rings (SSSR count). The number of halogens is 1. The van der Waals surface area contributed by atoms with Crippen LogP contribution in [-0.2, 0) is 5.75 Å². The molecule has 150 valence electrons. The number of hydrogen-bond donors (Lipinski definition) is 2. The highest BCUT2D eigenvalue weighted by molar-refractivity contribution is 9.10. The van der Waals surface area contributed by atoms with Gasteiger partial charge in [-0.1, -0.05) is 42.1 Å². The van der Waals surface area contributed by atoms with E-state index in [0.717, 1.165) is 5.75 Å². The smallest absolute Gasteiger partial charge is 0.257 e. The number of nitrogens with zero attached hydrogens (tertiary/aromatic N) is 3. The number of hydrogen-bond acceptors (Lipinski definition) is 6. The van der Waals surface area contributed by atoms with Crippen LogP contribution in [0.25, 0.3) is 0 Å². The predicted molar refractivity (Wildman–Crippen MR) is 121 cm³/mol. The number of benzene rings is 2. The van der Waals surface area contributed by atoms with E-state index in [2.05, 4.69) is 36.9 Å². The highest BCUT2D eigenvalue weighted by Gasteiger charge is 2.14.